The average molecular weight is 435 g/mol. The van der Waals surface area contributed by atoms with E-state index in [1.807, 2.05) is 18.2 Å². The van der Waals surface area contributed by atoms with Crippen LogP contribution in [0.15, 0.2) is 52.2 Å². The van der Waals surface area contributed by atoms with Gasteiger partial charge >= 0.3 is 0 Å². The number of benzene rings is 1. The number of piperazine rings is 1. The number of anilines is 1. The number of para-hydroxylation sites is 1. The minimum Gasteiger partial charge on any atom is -0.370 e. The summed E-state index contributed by atoms with van der Waals surface area (Å²) in [7, 11) is 0.411. The lowest BCUT2D eigenvalue weighted by Crippen LogP contribution is -2.55. The maximum absolute atomic E-state index is 12.6. The third-order valence-electron chi connectivity index (χ3n) is 5.35. The lowest BCUT2D eigenvalue weighted by Gasteiger charge is -2.36. The molecule has 0 aliphatic carbocycles. The van der Waals surface area contributed by atoms with Gasteiger partial charge in [0.25, 0.3) is 0 Å². The number of nitrogens with zero attached hydrogens (tertiary/aromatic N) is 5. The molecule has 1 N–H and O–H groups in total. The van der Waals surface area contributed by atoms with Crippen molar-refractivity contribution in [3.8, 4) is 0 Å². The molecule has 2 heterocycles. The Morgan fingerprint density at radius 3 is 2.53 bits per heavy atom. The van der Waals surface area contributed by atoms with Gasteiger partial charge in [0, 0.05) is 64.6 Å². The van der Waals surface area contributed by atoms with Gasteiger partial charge in [0.05, 0.1) is 5.69 Å². The van der Waals surface area contributed by atoms with Crippen molar-refractivity contribution in [2.24, 2.45) is 4.99 Å². The van der Waals surface area contributed by atoms with E-state index in [-0.39, 0.29) is 11.8 Å². The number of nitrogens with one attached hydrogen (secondary N) is 1. The largest absolute Gasteiger partial charge is 0.370 e. The highest BCUT2D eigenvalue weighted by Gasteiger charge is 2.29. The van der Waals surface area contributed by atoms with Crippen LogP contribution < -0.4 is 10.2 Å². The van der Waals surface area contributed by atoms with E-state index in [0.717, 1.165) is 18.2 Å². The van der Waals surface area contributed by atoms with Crippen molar-refractivity contribution in [2.75, 3.05) is 51.7 Å². The molecule has 1 aliphatic heterocycles. The molecule has 1 aromatic heterocycles. The Hall–Kier alpha value is -2.59. The van der Waals surface area contributed by atoms with E-state index in [4.69, 9.17) is 4.52 Å². The van der Waals surface area contributed by atoms with Crippen LogP contribution in [-0.2, 0) is 15.8 Å². The fraction of sp³-hybridized carbons (Fsp3) is 0.500. The molecular weight excluding hydrogens is 404 g/mol. The van der Waals surface area contributed by atoms with Crippen LogP contribution in [0.4, 0.5) is 5.69 Å². The zero-order valence-electron chi connectivity index (χ0n) is 17.7. The van der Waals surface area contributed by atoms with Crippen molar-refractivity contribution in [3.05, 3.63) is 48.4 Å². The molecule has 1 unspecified atom stereocenters. The highest BCUT2D eigenvalue weighted by atomic mass is 32.2. The number of guanidine groups is 1. The molecule has 0 spiro atoms. The summed E-state index contributed by atoms with van der Waals surface area (Å²) in [6.45, 7) is 4.88. The summed E-state index contributed by atoms with van der Waals surface area (Å²) in [5, 5.41) is 7.13. The van der Waals surface area contributed by atoms with Gasteiger partial charge in [-0.25, -0.2) is 8.42 Å². The molecule has 1 atom stereocenters. The monoisotopic (exact) mass is 434 g/mol. The van der Waals surface area contributed by atoms with Crippen molar-refractivity contribution >= 4 is 21.7 Å². The van der Waals surface area contributed by atoms with Gasteiger partial charge in [0.1, 0.15) is 12.0 Å². The zero-order valence-corrected chi connectivity index (χ0v) is 18.5. The standard InChI is InChI=1S/C20H30N6O3S/c1-17(24(3)19-7-5-4-6-8-19)15-22-20(21-2)25-10-12-26(13-11-25)30(27,28)16-18-9-14-29-23-18/h4-9,14,17H,10-13,15-16H2,1-3H3,(H,21,22). The summed E-state index contributed by atoms with van der Waals surface area (Å²) < 4.78 is 31.4. The molecule has 1 aromatic carbocycles. The number of hydrogen-bond donors (Lipinski definition) is 1. The van der Waals surface area contributed by atoms with Gasteiger partial charge in [-0.15, -0.1) is 0 Å². The van der Waals surface area contributed by atoms with E-state index in [9.17, 15) is 8.42 Å². The second kappa shape index (κ2) is 9.94. The van der Waals surface area contributed by atoms with Crippen molar-refractivity contribution in [1.29, 1.82) is 0 Å². The molecule has 0 radical (unpaired) electrons. The maximum Gasteiger partial charge on any atom is 0.220 e. The Bertz CT molecular complexity index is 909. The lowest BCUT2D eigenvalue weighted by molar-refractivity contribution is 0.259. The van der Waals surface area contributed by atoms with Crippen LogP contribution >= 0.6 is 0 Å². The first-order valence-corrected chi connectivity index (χ1v) is 11.6. The normalized spacial score (nSPS) is 17.0. The molecule has 164 valence electrons. The van der Waals surface area contributed by atoms with Gasteiger partial charge in [-0.1, -0.05) is 23.4 Å². The number of hydrogen-bond acceptors (Lipinski definition) is 6. The van der Waals surface area contributed by atoms with Crippen LogP contribution in [0, 0.1) is 0 Å². The van der Waals surface area contributed by atoms with E-state index in [1.54, 1.807) is 13.1 Å². The molecule has 2 aromatic rings. The van der Waals surface area contributed by atoms with Gasteiger partial charge in [-0.05, 0) is 19.1 Å². The van der Waals surface area contributed by atoms with Crippen LogP contribution in [0.2, 0.25) is 0 Å². The smallest absolute Gasteiger partial charge is 0.220 e. The van der Waals surface area contributed by atoms with Crippen molar-refractivity contribution < 1.29 is 12.9 Å². The minimum atomic E-state index is -3.41. The fourth-order valence-electron chi connectivity index (χ4n) is 3.39. The topological polar surface area (TPSA) is 94.3 Å². The first kappa shape index (κ1) is 22.1. The number of sulfonamides is 1. The van der Waals surface area contributed by atoms with Gasteiger partial charge in [0.2, 0.25) is 10.0 Å². The molecule has 0 amide bonds. The fourth-order valence-corrected chi connectivity index (χ4v) is 4.82. The summed E-state index contributed by atoms with van der Waals surface area (Å²) in [6, 6.07) is 12.1. The second-order valence-electron chi connectivity index (χ2n) is 7.36. The third kappa shape index (κ3) is 5.51. The van der Waals surface area contributed by atoms with E-state index in [2.05, 4.69) is 51.4 Å². The number of aliphatic imine (C=N–C) groups is 1. The predicted molar refractivity (Wildman–Crippen MR) is 118 cm³/mol. The Balaban J connectivity index is 1.50. The van der Waals surface area contributed by atoms with Crippen molar-refractivity contribution in [1.82, 2.24) is 19.7 Å². The molecule has 0 saturated carbocycles. The summed E-state index contributed by atoms with van der Waals surface area (Å²) in [5.41, 5.74) is 1.58. The molecule has 0 bridgehead atoms. The van der Waals surface area contributed by atoms with Crippen LogP contribution in [0.1, 0.15) is 12.6 Å². The van der Waals surface area contributed by atoms with Crippen LogP contribution in [0.5, 0.6) is 0 Å². The van der Waals surface area contributed by atoms with Crippen molar-refractivity contribution in [2.45, 2.75) is 18.7 Å². The van der Waals surface area contributed by atoms with E-state index in [1.165, 1.54) is 10.6 Å². The zero-order chi connectivity index (χ0) is 21.6. The summed E-state index contributed by atoms with van der Waals surface area (Å²) in [6.07, 6.45) is 1.38. The van der Waals surface area contributed by atoms with Gasteiger partial charge in [-0.2, -0.15) is 4.31 Å². The number of likely N-dealkylation sites (N-methyl/N-ethyl adjacent to an activating group) is 1. The first-order valence-electron chi connectivity index (χ1n) is 10.0. The quantitative estimate of drug-likeness (QED) is 0.517. The molecule has 1 aliphatic rings. The summed E-state index contributed by atoms with van der Waals surface area (Å²) in [4.78, 5) is 8.70. The van der Waals surface area contributed by atoms with Gasteiger partial charge < -0.3 is 19.6 Å². The van der Waals surface area contributed by atoms with Gasteiger partial charge in [-0.3, -0.25) is 4.99 Å². The van der Waals surface area contributed by atoms with E-state index >= 15 is 0 Å². The highest BCUT2D eigenvalue weighted by Crippen LogP contribution is 2.15. The predicted octanol–water partition coefficient (Wildman–Crippen LogP) is 1.22. The Kier molecular flexibility index (Phi) is 7.33. The Morgan fingerprint density at radius 2 is 1.93 bits per heavy atom. The molecule has 9 nitrogen and oxygen atoms in total. The SMILES string of the molecule is CN=C(NCC(C)N(C)c1ccccc1)N1CCN(S(=O)(=O)Cc2ccon2)CC1. The average Bonchev–Trinajstić information content (AvgIpc) is 3.26. The molecule has 10 heteroatoms. The molecule has 1 fully saturated rings. The summed E-state index contributed by atoms with van der Waals surface area (Å²) in [5.74, 6) is 0.650. The maximum atomic E-state index is 12.6. The van der Waals surface area contributed by atoms with E-state index < -0.39 is 10.0 Å². The summed E-state index contributed by atoms with van der Waals surface area (Å²) >= 11 is 0. The second-order valence-corrected chi connectivity index (χ2v) is 9.33. The van der Waals surface area contributed by atoms with Crippen LogP contribution in [-0.4, -0.2) is 81.6 Å². The van der Waals surface area contributed by atoms with Gasteiger partial charge in [0.15, 0.2) is 5.96 Å². The number of rotatable bonds is 7. The minimum absolute atomic E-state index is 0.139. The van der Waals surface area contributed by atoms with E-state index in [0.29, 0.717) is 31.9 Å². The van der Waals surface area contributed by atoms with Crippen molar-refractivity contribution in [3.63, 3.8) is 0 Å². The van der Waals surface area contributed by atoms with Crippen LogP contribution in [0.25, 0.3) is 0 Å². The lowest BCUT2D eigenvalue weighted by atomic mass is 10.2. The third-order valence-corrected chi connectivity index (χ3v) is 7.16. The highest BCUT2D eigenvalue weighted by molar-refractivity contribution is 7.88. The molecular formula is C20H30N6O3S. The molecule has 1 saturated heterocycles. The molecule has 30 heavy (non-hydrogen) atoms. The Labute approximate surface area is 178 Å². The Morgan fingerprint density at radius 1 is 1.23 bits per heavy atom. The molecule has 3 rings (SSSR count). The first-order chi connectivity index (χ1) is 14.4. The number of aromatic nitrogens is 1. The van der Waals surface area contributed by atoms with Crippen LogP contribution in [0.3, 0.4) is 0 Å².